The number of thiophene rings is 1. The molecule has 15 heavy (non-hydrogen) atoms. The first-order valence-corrected chi connectivity index (χ1v) is 6.86. The van der Waals surface area contributed by atoms with Gasteiger partial charge in [0.1, 0.15) is 0 Å². The molecule has 0 aliphatic heterocycles. The van der Waals surface area contributed by atoms with Gasteiger partial charge in [-0.05, 0) is 46.8 Å². The average molecular weight is 286 g/mol. The Hall–Kier alpha value is -0.300. The van der Waals surface area contributed by atoms with Crippen LogP contribution in [0, 0.1) is 12.3 Å². The average Bonchev–Trinajstić information content (AvgIpc) is 2.65. The van der Waals surface area contributed by atoms with Gasteiger partial charge in [0.2, 0.25) is 0 Å². The monoisotopic (exact) mass is 285 g/mol. The summed E-state index contributed by atoms with van der Waals surface area (Å²) in [6.07, 6.45) is 8.29. The molecule has 1 nitrogen and oxygen atoms in total. The first-order chi connectivity index (χ1) is 7.29. The summed E-state index contributed by atoms with van der Waals surface area (Å²) in [5.41, 5.74) is 0. The largest absolute Gasteiger partial charge is 0.309 e. The zero-order valence-corrected chi connectivity index (χ0v) is 11.3. The van der Waals surface area contributed by atoms with Crippen LogP contribution >= 0.6 is 27.3 Å². The lowest BCUT2D eigenvalue weighted by Crippen LogP contribution is -2.21. The van der Waals surface area contributed by atoms with Gasteiger partial charge in [0, 0.05) is 21.8 Å². The molecule has 82 valence electrons. The minimum atomic E-state index is 0.398. The maximum atomic E-state index is 5.31. The van der Waals surface area contributed by atoms with Crippen molar-refractivity contribution in [3.05, 3.63) is 20.8 Å². The van der Waals surface area contributed by atoms with E-state index < -0.39 is 0 Å². The molecule has 0 aliphatic rings. The zero-order chi connectivity index (χ0) is 11.1. The highest BCUT2D eigenvalue weighted by Crippen LogP contribution is 2.31. The van der Waals surface area contributed by atoms with Crippen LogP contribution in [0.5, 0.6) is 0 Å². The molecule has 1 aromatic heterocycles. The van der Waals surface area contributed by atoms with Crippen molar-refractivity contribution >= 4 is 27.3 Å². The van der Waals surface area contributed by atoms with Gasteiger partial charge in [0.15, 0.2) is 0 Å². The molecule has 0 saturated carbocycles. The minimum Gasteiger partial charge on any atom is -0.309 e. The molecule has 0 fully saturated rings. The smallest absolute Gasteiger partial charge is 0.0435 e. The Morgan fingerprint density at radius 2 is 2.47 bits per heavy atom. The predicted octanol–water partition coefficient (Wildman–Crippen LogP) is 3.96. The second kappa shape index (κ2) is 7.05. The number of terminal acetylenes is 1. The maximum Gasteiger partial charge on any atom is 0.0435 e. The molecule has 1 rings (SSSR count). The molecule has 3 heteroatoms. The van der Waals surface area contributed by atoms with E-state index in [0.717, 1.165) is 25.8 Å². The van der Waals surface area contributed by atoms with Gasteiger partial charge in [-0.25, -0.2) is 0 Å². The SMILES string of the molecule is C#CCCC(NCCC)c1sccc1Br. The number of nitrogens with one attached hydrogen (secondary N) is 1. The van der Waals surface area contributed by atoms with Crippen LogP contribution in [0.2, 0.25) is 0 Å². The second-order valence-corrected chi connectivity index (χ2v) is 5.18. The molecule has 0 spiro atoms. The Morgan fingerprint density at radius 1 is 1.67 bits per heavy atom. The van der Waals surface area contributed by atoms with E-state index in [1.54, 1.807) is 11.3 Å². The first-order valence-electron chi connectivity index (χ1n) is 5.19. The number of hydrogen-bond acceptors (Lipinski definition) is 2. The summed E-state index contributed by atoms with van der Waals surface area (Å²) in [7, 11) is 0. The molecule has 1 atom stereocenters. The molecule has 1 N–H and O–H groups in total. The molecule has 0 aromatic carbocycles. The fraction of sp³-hybridized carbons (Fsp3) is 0.500. The Bertz CT molecular complexity index is 327. The van der Waals surface area contributed by atoms with E-state index in [9.17, 15) is 0 Å². The van der Waals surface area contributed by atoms with Crippen molar-refractivity contribution in [2.45, 2.75) is 32.2 Å². The summed E-state index contributed by atoms with van der Waals surface area (Å²) in [6, 6.07) is 2.49. The molecular weight excluding hydrogens is 270 g/mol. The van der Waals surface area contributed by atoms with Crippen LogP contribution in [0.15, 0.2) is 15.9 Å². The van der Waals surface area contributed by atoms with Crippen LogP contribution in [0.3, 0.4) is 0 Å². The molecule has 1 aromatic rings. The van der Waals surface area contributed by atoms with Gasteiger partial charge in [-0.15, -0.1) is 23.7 Å². The number of rotatable bonds is 6. The van der Waals surface area contributed by atoms with Gasteiger partial charge in [0.05, 0.1) is 0 Å². The molecule has 1 heterocycles. The molecule has 0 saturated heterocycles. The second-order valence-electron chi connectivity index (χ2n) is 3.38. The summed E-state index contributed by atoms with van der Waals surface area (Å²) >= 11 is 5.35. The van der Waals surface area contributed by atoms with E-state index in [0.29, 0.717) is 6.04 Å². The topological polar surface area (TPSA) is 12.0 Å². The van der Waals surface area contributed by atoms with Gasteiger partial charge in [-0.3, -0.25) is 0 Å². The normalized spacial score (nSPS) is 12.3. The van der Waals surface area contributed by atoms with E-state index >= 15 is 0 Å². The quantitative estimate of drug-likeness (QED) is 0.780. The molecule has 0 aliphatic carbocycles. The van der Waals surface area contributed by atoms with Gasteiger partial charge >= 0.3 is 0 Å². The molecule has 0 radical (unpaired) electrons. The van der Waals surface area contributed by atoms with Gasteiger partial charge < -0.3 is 5.32 Å². The Balaban J connectivity index is 2.63. The van der Waals surface area contributed by atoms with Crippen molar-refractivity contribution in [2.24, 2.45) is 0 Å². The Kier molecular flexibility index (Phi) is 6.00. The van der Waals surface area contributed by atoms with Crippen molar-refractivity contribution in [1.82, 2.24) is 5.32 Å². The van der Waals surface area contributed by atoms with Crippen molar-refractivity contribution in [3.8, 4) is 12.3 Å². The van der Waals surface area contributed by atoms with Crippen LogP contribution in [-0.4, -0.2) is 6.54 Å². The molecule has 0 bridgehead atoms. The van der Waals surface area contributed by atoms with Gasteiger partial charge in [-0.2, -0.15) is 0 Å². The Morgan fingerprint density at radius 3 is 3.00 bits per heavy atom. The summed E-state index contributed by atoms with van der Waals surface area (Å²) in [5.74, 6) is 2.71. The van der Waals surface area contributed by atoms with Crippen LogP contribution in [0.25, 0.3) is 0 Å². The van der Waals surface area contributed by atoms with Crippen molar-refractivity contribution < 1.29 is 0 Å². The first kappa shape index (κ1) is 12.8. The van der Waals surface area contributed by atoms with Gasteiger partial charge in [0.25, 0.3) is 0 Å². The van der Waals surface area contributed by atoms with Crippen LogP contribution in [-0.2, 0) is 0 Å². The lowest BCUT2D eigenvalue weighted by Gasteiger charge is -2.16. The van der Waals surface area contributed by atoms with Crippen LogP contribution in [0.4, 0.5) is 0 Å². The summed E-state index contributed by atoms with van der Waals surface area (Å²) in [6.45, 7) is 3.22. The van der Waals surface area contributed by atoms with E-state index in [2.05, 4.69) is 45.5 Å². The van der Waals surface area contributed by atoms with Crippen molar-refractivity contribution in [1.29, 1.82) is 0 Å². The van der Waals surface area contributed by atoms with Crippen molar-refractivity contribution in [2.75, 3.05) is 6.54 Å². The third-order valence-electron chi connectivity index (χ3n) is 2.18. The number of halogens is 1. The van der Waals surface area contributed by atoms with Gasteiger partial charge in [-0.1, -0.05) is 6.92 Å². The lowest BCUT2D eigenvalue weighted by molar-refractivity contribution is 0.511. The fourth-order valence-electron chi connectivity index (χ4n) is 1.43. The van der Waals surface area contributed by atoms with E-state index in [4.69, 9.17) is 6.42 Å². The third-order valence-corrected chi connectivity index (χ3v) is 4.16. The standard InChI is InChI=1S/C12H16BrNS/c1-3-5-6-11(14-8-4-2)12-10(13)7-9-15-12/h1,7,9,11,14H,4-6,8H2,2H3. The lowest BCUT2D eigenvalue weighted by atomic mass is 10.1. The predicted molar refractivity (Wildman–Crippen MR) is 71.1 cm³/mol. The summed E-state index contributed by atoms with van der Waals surface area (Å²) in [4.78, 5) is 1.36. The fourth-order valence-corrected chi connectivity index (χ4v) is 3.19. The highest BCUT2D eigenvalue weighted by Gasteiger charge is 2.14. The van der Waals surface area contributed by atoms with E-state index in [-0.39, 0.29) is 0 Å². The highest BCUT2D eigenvalue weighted by molar-refractivity contribution is 9.10. The van der Waals surface area contributed by atoms with Crippen molar-refractivity contribution in [3.63, 3.8) is 0 Å². The Labute approximate surface area is 104 Å². The number of hydrogen-bond donors (Lipinski definition) is 1. The summed E-state index contributed by atoms with van der Waals surface area (Å²) < 4.78 is 1.19. The van der Waals surface area contributed by atoms with E-state index in [1.807, 2.05) is 0 Å². The third kappa shape index (κ3) is 3.98. The molecule has 0 amide bonds. The highest BCUT2D eigenvalue weighted by atomic mass is 79.9. The molecular formula is C12H16BrNS. The van der Waals surface area contributed by atoms with Crippen LogP contribution in [0.1, 0.15) is 37.1 Å². The molecule has 1 unspecified atom stereocenters. The minimum absolute atomic E-state index is 0.398. The zero-order valence-electron chi connectivity index (χ0n) is 8.92. The maximum absolute atomic E-state index is 5.31. The van der Waals surface area contributed by atoms with Crippen LogP contribution < -0.4 is 5.32 Å². The van der Waals surface area contributed by atoms with E-state index in [1.165, 1.54) is 9.35 Å². The summed E-state index contributed by atoms with van der Waals surface area (Å²) in [5, 5.41) is 5.64.